The van der Waals surface area contributed by atoms with Crippen molar-refractivity contribution in [1.82, 2.24) is 5.32 Å². The van der Waals surface area contributed by atoms with Gasteiger partial charge in [0.2, 0.25) is 5.91 Å². The number of anilines is 1. The van der Waals surface area contributed by atoms with Crippen molar-refractivity contribution in [2.45, 2.75) is 26.7 Å². The topological polar surface area (TPSA) is 50.4 Å². The highest BCUT2D eigenvalue weighted by molar-refractivity contribution is 5.94. The third-order valence-electron chi connectivity index (χ3n) is 3.43. The lowest BCUT2D eigenvalue weighted by atomic mass is 9.97. The van der Waals surface area contributed by atoms with Gasteiger partial charge in [-0.15, -0.1) is 0 Å². The Morgan fingerprint density at radius 2 is 2.05 bits per heavy atom. The molecule has 1 aliphatic heterocycles. The SMILES string of the molecule is CC(C)COc1ccccc1NC(=O)C1CCNCC1. The molecular formula is C16H24N2O2. The first-order valence-electron chi connectivity index (χ1n) is 7.40. The first-order valence-corrected chi connectivity index (χ1v) is 7.40. The quantitative estimate of drug-likeness (QED) is 0.869. The van der Waals surface area contributed by atoms with Crippen LogP contribution in [0.25, 0.3) is 0 Å². The highest BCUT2D eigenvalue weighted by Crippen LogP contribution is 2.25. The Morgan fingerprint density at radius 1 is 1.35 bits per heavy atom. The third-order valence-corrected chi connectivity index (χ3v) is 3.43. The van der Waals surface area contributed by atoms with Crippen molar-refractivity contribution < 1.29 is 9.53 Å². The van der Waals surface area contributed by atoms with E-state index >= 15 is 0 Å². The molecule has 0 saturated carbocycles. The Kier molecular flexibility index (Phi) is 5.41. The van der Waals surface area contributed by atoms with Crippen LogP contribution in [-0.4, -0.2) is 25.6 Å². The van der Waals surface area contributed by atoms with Crippen molar-refractivity contribution in [2.24, 2.45) is 11.8 Å². The fourth-order valence-electron chi connectivity index (χ4n) is 2.27. The van der Waals surface area contributed by atoms with E-state index in [0.717, 1.165) is 37.4 Å². The first kappa shape index (κ1) is 14.9. The molecule has 4 nitrogen and oxygen atoms in total. The molecule has 0 aromatic heterocycles. The van der Waals surface area contributed by atoms with Crippen LogP contribution in [0.5, 0.6) is 5.75 Å². The van der Waals surface area contributed by atoms with E-state index in [1.54, 1.807) is 0 Å². The predicted octanol–water partition coefficient (Wildman–Crippen LogP) is 2.66. The van der Waals surface area contributed by atoms with Gasteiger partial charge in [0.1, 0.15) is 5.75 Å². The van der Waals surface area contributed by atoms with Crippen molar-refractivity contribution >= 4 is 11.6 Å². The molecule has 0 bridgehead atoms. The van der Waals surface area contributed by atoms with Gasteiger partial charge < -0.3 is 15.4 Å². The minimum absolute atomic E-state index is 0.104. The summed E-state index contributed by atoms with van der Waals surface area (Å²) in [5.74, 6) is 1.42. The van der Waals surface area contributed by atoms with Crippen molar-refractivity contribution in [3.8, 4) is 5.75 Å². The fraction of sp³-hybridized carbons (Fsp3) is 0.562. The molecule has 0 spiro atoms. The molecule has 0 aliphatic carbocycles. The fourth-order valence-corrected chi connectivity index (χ4v) is 2.27. The minimum atomic E-state index is 0.104. The molecule has 1 fully saturated rings. The van der Waals surface area contributed by atoms with Crippen LogP contribution in [-0.2, 0) is 4.79 Å². The Morgan fingerprint density at radius 3 is 2.75 bits per heavy atom. The lowest BCUT2D eigenvalue weighted by Crippen LogP contribution is -2.34. The summed E-state index contributed by atoms with van der Waals surface area (Å²) in [6, 6.07) is 7.64. The first-order chi connectivity index (χ1) is 9.66. The van der Waals surface area contributed by atoms with Crippen LogP contribution in [0.1, 0.15) is 26.7 Å². The molecule has 20 heavy (non-hydrogen) atoms. The summed E-state index contributed by atoms with van der Waals surface area (Å²) in [7, 11) is 0. The Labute approximate surface area is 120 Å². The van der Waals surface area contributed by atoms with E-state index in [1.807, 2.05) is 24.3 Å². The van der Waals surface area contributed by atoms with Crippen LogP contribution in [0.2, 0.25) is 0 Å². The molecule has 2 N–H and O–H groups in total. The van der Waals surface area contributed by atoms with Gasteiger partial charge in [-0.2, -0.15) is 0 Å². The highest BCUT2D eigenvalue weighted by Gasteiger charge is 2.21. The van der Waals surface area contributed by atoms with Gasteiger partial charge in [-0.05, 0) is 44.0 Å². The lowest BCUT2D eigenvalue weighted by Gasteiger charge is -2.22. The van der Waals surface area contributed by atoms with Gasteiger partial charge in [-0.1, -0.05) is 26.0 Å². The zero-order valence-corrected chi connectivity index (χ0v) is 12.3. The number of hydrogen-bond acceptors (Lipinski definition) is 3. The highest BCUT2D eigenvalue weighted by atomic mass is 16.5. The maximum Gasteiger partial charge on any atom is 0.227 e. The maximum absolute atomic E-state index is 12.3. The summed E-state index contributed by atoms with van der Waals surface area (Å²) in [4.78, 5) is 12.3. The maximum atomic E-state index is 12.3. The molecule has 1 aromatic carbocycles. The molecule has 2 rings (SSSR count). The number of carbonyl (C=O) groups is 1. The summed E-state index contributed by atoms with van der Waals surface area (Å²) in [6.07, 6.45) is 1.81. The average molecular weight is 276 g/mol. The molecule has 1 amide bonds. The van der Waals surface area contributed by atoms with Gasteiger partial charge in [-0.25, -0.2) is 0 Å². The van der Waals surface area contributed by atoms with Gasteiger partial charge >= 0.3 is 0 Å². The normalized spacial score (nSPS) is 16.1. The van der Waals surface area contributed by atoms with Gasteiger partial charge in [0.05, 0.1) is 12.3 Å². The number of benzene rings is 1. The Balaban J connectivity index is 1.98. The monoisotopic (exact) mass is 276 g/mol. The van der Waals surface area contributed by atoms with E-state index in [0.29, 0.717) is 12.5 Å². The number of rotatable bonds is 5. The zero-order chi connectivity index (χ0) is 14.4. The molecule has 1 aliphatic rings. The second kappa shape index (κ2) is 7.29. The van der Waals surface area contributed by atoms with Gasteiger partial charge in [0.15, 0.2) is 0 Å². The van der Waals surface area contributed by atoms with E-state index in [4.69, 9.17) is 4.74 Å². The van der Waals surface area contributed by atoms with Gasteiger partial charge in [0.25, 0.3) is 0 Å². The molecule has 110 valence electrons. The lowest BCUT2D eigenvalue weighted by molar-refractivity contribution is -0.120. The minimum Gasteiger partial charge on any atom is -0.491 e. The van der Waals surface area contributed by atoms with Crippen LogP contribution in [0.4, 0.5) is 5.69 Å². The molecule has 4 heteroatoms. The van der Waals surface area contributed by atoms with Crippen molar-refractivity contribution in [3.05, 3.63) is 24.3 Å². The molecule has 0 radical (unpaired) electrons. The van der Waals surface area contributed by atoms with Crippen LogP contribution in [0, 0.1) is 11.8 Å². The molecular weight excluding hydrogens is 252 g/mol. The van der Waals surface area contributed by atoms with Crippen LogP contribution < -0.4 is 15.4 Å². The zero-order valence-electron chi connectivity index (χ0n) is 12.3. The Bertz CT molecular complexity index is 440. The summed E-state index contributed by atoms with van der Waals surface area (Å²) in [6.45, 7) is 6.71. The standard InChI is InChI=1S/C16H24N2O2/c1-12(2)11-20-15-6-4-3-5-14(15)18-16(19)13-7-9-17-10-8-13/h3-6,12-13,17H,7-11H2,1-2H3,(H,18,19). The second-order valence-corrected chi connectivity index (χ2v) is 5.71. The van der Waals surface area contributed by atoms with E-state index < -0.39 is 0 Å². The van der Waals surface area contributed by atoms with E-state index in [9.17, 15) is 4.79 Å². The van der Waals surface area contributed by atoms with Gasteiger partial charge in [0, 0.05) is 5.92 Å². The van der Waals surface area contributed by atoms with Crippen molar-refractivity contribution in [1.29, 1.82) is 0 Å². The number of amides is 1. The number of nitrogens with one attached hydrogen (secondary N) is 2. The van der Waals surface area contributed by atoms with Crippen LogP contribution in [0.15, 0.2) is 24.3 Å². The second-order valence-electron chi connectivity index (χ2n) is 5.71. The number of piperidine rings is 1. The summed E-state index contributed by atoms with van der Waals surface area (Å²) >= 11 is 0. The number of hydrogen-bond donors (Lipinski definition) is 2. The average Bonchev–Trinajstić information content (AvgIpc) is 2.47. The number of carbonyl (C=O) groups excluding carboxylic acids is 1. The molecule has 1 saturated heterocycles. The summed E-state index contributed by atoms with van der Waals surface area (Å²) in [5.41, 5.74) is 0.775. The predicted molar refractivity (Wildman–Crippen MR) is 81.0 cm³/mol. The Hall–Kier alpha value is -1.55. The molecule has 1 aromatic rings. The number of para-hydroxylation sites is 2. The molecule has 1 heterocycles. The molecule has 0 atom stereocenters. The van der Waals surface area contributed by atoms with Crippen molar-refractivity contribution in [3.63, 3.8) is 0 Å². The number of ether oxygens (including phenoxy) is 1. The van der Waals surface area contributed by atoms with E-state index in [1.165, 1.54) is 0 Å². The summed E-state index contributed by atoms with van der Waals surface area (Å²) < 4.78 is 5.76. The summed E-state index contributed by atoms with van der Waals surface area (Å²) in [5, 5.41) is 6.29. The largest absolute Gasteiger partial charge is 0.491 e. The van der Waals surface area contributed by atoms with Crippen LogP contribution in [0.3, 0.4) is 0 Å². The van der Waals surface area contributed by atoms with E-state index in [2.05, 4.69) is 24.5 Å². The molecule has 0 unspecified atom stereocenters. The van der Waals surface area contributed by atoms with Crippen molar-refractivity contribution in [2.75, 3.05) is 25.0 Å². The third kappa shape index (κ3) is 4.23. The van der Waals surface area contributed by atoms with E-state index in [-0.39, 0.29) is 11.8 Å². The van der Waals surface area contributed by atoms with Crippen LogP contribution >= 0.6 is 0 Å². The van der Waals surface area contributed by atoms with Gasteiger partial charge in [-0.3, -0.25) is 4.79 Å². The smallest absolute Gasteiger partial charge is 0.227 e.